The summed E-state index contributed by atoms with van der Waals surface area (Å²) in [4.78, 5) is 9.28. The number of nitrogens with zero attached hydrogens (tertiary/aromatic N) is 2. The molecule has 3 rings (SSSR count). The molecule has 0 aliphatic heterocycles. The van der Waals surface area contributed by atoms with Crippen LogP contribution < -0.4 is 10.1 Å². The van der Waals surface area contributed by atoms with Crippen LogP contribution in [0.15, 0.2) is 42.5 Å². The molecule has 30 heavy (non-hydrogen) atoms. The SMILES string of the molecule is CCn1c(C#Cc2ccc(NC)cc2)c(C#N)c2cc(OC)ccc21.COCC=O. The lowest BCUT2D eigenvalue weighted by Crippen LogP contribution is -1.98. The zero-order chi connectivity index (χ0) is 21.9. The van der Waals surface area contributed by atoms with Crippen molar-refractivity contribution >= 4 is 22.9 Å². The van der Waals surface area contributed by atoms with Crippen molar-refractivity contribution in [2.45, 2.75) is 13.5 Å². The molecule has 1 heterocycles. The molecule has 0 bridgehead atoms. The molecule has 0 spiro atoms. The largest absolute Gasteiger partial charge is 0.497 e. The summed E-state index contributed by atoms with van der Waals surface area (Å²) in [5, 5.41) is 13.6. The molecule has 0 aliphatic rings. The van der Waals surface area contributed by atoms with Gasteiger partial charge in [0.1, 0.15) is 30.4 Å². The van der Waals surface area contributed by atoms with Gasteiger partial charge in [-0.05, 0) is 55.3 Å². The van der Waals surface area contributed by atoms with Gasteiger partial charge in [-0.3, -0.25) is 0 Å². The van der Waals surface area contributed by atoms with Crippen LogP contribution in [-0.2, 0) is 16.1 Å². The number of nitriles is 1. The highest BCUT2D eigenvalue weighted by atomic mass is 16.5. The van der Waals surface area contributed by atoms with Gasteiger partial charge in [0.25, 0.3) is 0 Å². The van der Waals surface area contributed by atoms with Gasteiger partial charge in [0.05, 0.1) is 18.2 Å². The lowest BCUT2D eigenvalue weighted by atomic mass is 10.1. The Morgan fingerprint density at radius 3 is 2.37 bits per heavy atom. The fraction of sp³-hybridized carbons (Fsp3) is 0.250. The van der Waals surface area contributed by atoms with Gasteiger partial charge < -0.3 is 24.2 Å². The van der Waals surface area contributed by atoms with Crippen molar-refractivity contribution in [1.29, 1.82) is 5.26 Å². The van der Waals surface area contributed by atoms with E-state index in [4.69, 9.17) is 4.74 Å². The molecule has 0 aliphatic carbocycles. The molecule has 2 aromatic carbocycles. The van der Waals surface area contributed by atoms with Gasteiger partial charge in [-0.25, -0.2) is 0 Å². The number of aldehydes is 1. The van der Waals surface area contributed by atoms with Crippen molar-refractivity contribution in [2.24, 2.45) is 0 Å². The summed E-state index contributed by atoms with van der Waals surface area (Å²) >= 11 is 0. The number of carbonyl (C=O) groups is 1. The summed E-state index contributed by atoms with van der Waals surface area (Å²) in [6.45, 7) is 3.00. The monoisotopic (exact) mass is 403 g/mol. The molecule has 3 aromatic rings. The third kappa shape index (κ3) is 5.20. The minimum atomic E-state index is 0.208. The van der Waals surface area contributed by atoms with Gasteiger partial charge in [-0.2, -0.15) is 5.26 Å². The van der Waals surface area contributed by atoms with Crippen molar-refractivity contribution in [3.05, 3.63) is 59.3 Å². The molecular formula is C24H25N3O3. The highest BCUT2D eigenvalue weighted by molar-refractivity contribution is 5.90. The summed E-state index contributed by atoms with van der Waals surface area (Å²) in [5.41, 5.74) is 4.28. The van der Waals surface area contributed by atoms with Crippen LogP contribution >= 0.6 is 0 Å². The maximum Gasteiger partial charge on any atom is 0.145 e. The normalized spacial score (nSPS) is 9.57. The fourth-order valence-corrected chi connectivity index (χ4v) is 2.95. The number of fused-ring (bicyclic) bond motifs is 1. The highest BCUT2D eigenvalue weighted by Crippen LogP contribution is 2.29. The number of anilines is 1. The molecule has 1 aromatic heterocycles. The first-order chi connectivity index (χ1) is 14.6. The zero-order valence-electron chi connectivity index (χ0n) is 17.7. The van der Waals surface area contributed by atoms with E-state index in [0.29, 0.717) is 11.8 Å². The number of carbonyl (C=O) groups excluding carboxylic acids is 1. The molecule has 154 valence electrons. The topological polar surface area (TPSA) is 76.3 Å². The summed E-state index contributed by atoms with van der Waals surface area (Å²) in [5.74, 6) is 7.10. The number of methoxy groups -OCH3 is 2. The molecule has 6 nitrogen and oxygen atoms in total. The van der Waals surface area contributed by atoms with E-state index in [-0.39, 0.29) is 6.61 Å². The fourth-order valence-electron chi connectivity index (χ4n) is 2.95. The smallest absolute Gasteiger partial charge is 0.145 e. The number of nitrogens with one attached hydrogen (secondary N) is 1. The number of hydrogen-bond donors (Lipinski definition) is 1. The second kappa shape index (κ2) is 11.3. The standard InChI is InChI=1S/C21H19N3O.C3H6O2/c1-4-24-20-12-10-17(25-3)13-18(20)19(14-22)21(24)11-7-15-5-8-16(23-2)9-6-15;1-5-3-2-4/h5-6,8-10,12-13,23H,4H2,1-3H3;2H,3H2,1H3. The van der Waals surface area contributed by atoms with Crippen LogP contribution in [0.5, 0.6) is 5.75 Å². The van der Waals surface area contributed by atoms with Crippen LogP contribution in [0.3, 0.4) is 0 Å². The Labute approximate surface area is 177 Å². The van der Waals surface area contributed by atoms with Gasteiger partial charge >= 0.3 is 0 Å². The van der Waals surface area contributed by atoms with Gasteiger partial charge in [0, 0.05) is 37.3 Å². The summed E-state index contributed by atoms with van der Waals surface area (Å²) < 4.78 is 11.7. The average molecular weight is 403 g/mol. The van der Waals surface area contributed by atoms with E-state index in [2.05, 4.69) is 39.5 Å². The van der Waals surface area contributed by atoms with E-state index in [0.717, 1.165) is 40.1 Å². The number of rotatable bonds is 5. The molecule has 1 N–H and O–H groups in total. The Hall–Kier alpha value is -3.74. The maximum atomic E-state index is 9.67. The molecule has 0 unspecified atom stereocenters. The van der Waals surface area contributed by atoms with Crippen molar-refractivity contribution in [3.63, 3.8) is 0 Å². The van der Waals surface area contributed by atoms with Crippen LogP contribution in [0.25, 0.3) is 10.9 Å². The highest BCUT2D eigenvalue weighted by Gasteiger charge is 2.15. The third-order valence-corrected chi connectivity index (χ3v) is 4.43. The second-order valence-corrected chi connectivity index (χ2v) is 6.16. The first-order valence-corrected chi connectivity index (χ1v) is 9.46. The Kier molecular flexibility index (Phi) is 8.50. The van der Waals surface area contributed by atoms with Crippen molar-refractivity contribution in [3.8, 4) is 23.7 Å². The number of aryl methyl sites for hydroxylation is 1. The lowest BCUT2D eigenvalue weighted by molar-refractivity contribution is -0.110. The van der Waals surface area contributed by atoms with Crippen molar-refractivity contribution in [2.75, 3.05) is 33.2 Å². The van der Waals surface area contributed by atoms with Gasteiger partial charge in [0.15, 0.2) is 0 Å². The molecule has 0 saturated heterocycles. The quantitative estimate of drug-likeness (QED) is 0.518. The molecule has 6 heteroatoms. The van der Waals surface area contributed by atoms with Crippen LogP contribution in [0.1, 0.15) is 23.7 Å². The predicted octanol–water partition coefficient (Wildman–Crippen LogP) is 3.81. The summed E-state index contributed by atoms with van der Waals surface area (Å²) in [6, 6.07) is 16.0. The average Bonchev–Trinajstić information content (AvgIpc) is 3.10. The minimum absolute atomic E-state index is 0.208. The van der Waals surface area contributed by atoms with E-state index in [1.54, 1.807) is 7.11 Å². The Morgan fingerprint density at radius 1 is 1.13 bits per heavy atom. The zero-order valence-corrected chi connectivity index (χ0v) is 17.7. The van der Waals surface area contributed by atoms with Crippen LogP contribution in [-0.4, -0.2) is 38.7 Å². The van der Waals surface area contributed by atoms with E-state index in [1.807, 2.05) is 49.5 Å². The first-order valence-electron chi connectivity index (χ1n) is 9.46. The molecule has 0 saturated carbocycles. The second-order valence-electron chi connectivity index (χ2n) is 6.16. The molecule has 0 atom stereocenters. The van der Waals surface area contributed by atoms with Crippen LogP contribution in [0.4, 0.5) is 5.69 Å². The van der Waals surface area contributed by atoms with E-state index < -0.39 is 0 Å². The number of benzene rings is 2. The number of aromatic nitrogens is 1. The lowest BCUT2D eigenvalue weighted by Gasteiger charge is -2.04. The Morgan fingerprint density at radius 2 is 1.87 bits per heavy atom. The van der Waals surface area contributed by atoms with E-state index >= 15 is 0 Å². The van der Waals surface area contributed by atoms with E-state index in [1.165, 1.54) is 7.11 Å². The number of hydrogen-bond acceptors (Lipinski definition) is 5. The van der Waals surface area contributed by atoms with Gasteiger partial charge in [0.2, 0.25) is 0 Å². The van der Waals surface area contributed by atoms with E-state index in [9.17, 15) is 10.1 Å². The van der Waals surface area contributed by atoms with Gasteiger partial charge in [-0.15, -0.1) is 0 Å². The van der Waals surface area contributed by atoms with Gasteiger partial charge in [-0.1, -0.05) is 5.92 Å². The first kappa shape index (κ1) is 22.5. The molecule has 0 amide bonds. The Balaban J connectivity index is 0.000000575. The van der Waals surface area contributed by atoms with Crippen molar-refractivity contribution in [1.82, 2.24) is 4.57 Å². The Bertz CT molecular complexity index is 1100. The molecule has 0 radical (unpaired) electrons. The number of ether oxygens (including phenoxy) is 2. The maximum absolute atomic E-state index is 9.67. The minimum Gasteiger partial charge on any atom is -0.497 e. The summed E-state index contributed by atoms with van der Waals surface area (Å²) in [6.07, 6.45) is 0.708. The molecule has 0 fully saturated rings. The third-order valence-electron chi connectivity index (χ3n) is 4.43. The van der Waals surface area contributed by atoms with Crippen LogP contribution in [0.2, 0.25) is 0 Å². The summed E-state index contributed by atoms with van der Waals surface area (Å²) in [7, 11) is 4.99. The van der Waals surface area contributed by atoms with Crippen molar-refractivity contribution < 1.29 is 14.3 Å². The van der Waals surface area contributed by atoms with Crippen LogP contribution in [0, 0.1) is 23.2 Å². The predicted molar refractivity (Wildman–Crippen MR) is 119 cm³/mol. The molecular weight excluding hydrogens is 378 g/mol.